The van der Waals surface area contributed by atoms with E-state index in [4.69, 9.17) is 9.47 Å². The number of piperidine rings is 1. The van der Waals surface area contributed by atoms with Gasteiger partial charge >= 0.3 is 6.09 Å². The molecule has 4 amide bonds. The van der Waals surface area contributed by atoms with Crippen molar-refractivity contribution in [1.82, 2.24) is 15.1 Å². The maximum absolute atomic E-state index is 12.8. The minimum Gasteiger partial charge on any atom is -0.491 e. The van der Waals surface area contributed by atoms with Crippen molar-refractivity contribution in [1.29, 1.82) is 0 Å². The van der Waals surface area contributed by atoms with Crippen molar-refractivity contribution in [3.8, 4) is 5.75 Å². The molecule has 0 aromatic heterocycles. The van der Waals surface area contributed by atoms with Gasteiger partial charge in [-0.2, -0.15) is 0 Å². The second-order valence-electron chi connectivity index (χ2n) is 9.06. The Kier molecular flexibility index (Phi) is 6.39. The average Bonchev–Trinajstić information content (AvgIpc) is 3.46. The first-order chi connectivity index (χ1) is 17.0. The number of rotatable bonds is 6. The smallest absolute Gasteiger partial charge is 0.410 e. The zero-order valence-corrected chi connectivity index (χ0v) is 19.3. The predicted molar refractivity (Wildman–Crippen MR) is 124 cm³/mol. The van der Waals surface area contributed by atoms with Crippen LogP contribution in [0.15, 0.2) is 48.5 Å². The molecule has 0 radical (unpaired) electrons. The van der Waals surface area contributed by atoms with Crippen molar-refractivity contribution in [3.05, 3.63) is 65.2 Å². The van der Waals surface area contributed by atoms with Crippen LogP contribution in [0.3, 0.4) is 0 Å². The normalized spacial score (nSPS) is 21.7. The highest BCUT2D eigenvalue weighted by Gasteiger charge is 2.39. The Morgan fingerprint density at radius 2 is 1.89 bits per heavy atom. The highest BCUT2D eigenvalue weighted by atomic mass is 16.6. The van der Waals surface area contributed by atoms with Gasteiger partial charge in [-0.05, 0) is 48.6 Å². The van der Waals surface area contributed by atoms with Crippen molar-refractivity contribution in [2.75, 3.05) is 13.2 Å². The molecule has 3 heterocycles. The number of carbonyl (C=O) groups excluding carboxylic acids is 4. The first-order valence-electron chi connectivity index (χ1n) is 11.9. The van der Waals surface area contributed by atoms with Gasteiger partial charge in [0.2, 0.25) is 11.8 Å². The van der Waals surface area contributed by atoms with Crippen molar-refractivity contribution in [3.63, 3.8) is 0 Å². The second kappa shape index (κ2) is 9.77. The highest BCUT2D eigenvalue weighted by molar-refractivity contribution is 6.05. The van der Waals surface area contributed by atoms with Gasteiger partial charge in [0.25, 0.3) is 5.91 Å². The molecule has 2 aromatic rings. The van der Waals surface area contributed by atoms with Gasteiger partial charge in [-0.25, -0.2) is 4.79 Å². The minimum absolute atomic E-state index is 0.0897. The number of benzene rings is 2. The Hall–Kier alpha value is -3.88. The fraction of sp³-hybridized carbons (Fsp3) is 0.385. The number of amides is 4. The van der Waals surface area contributed by atoms with Crippen molar-refractivity contribution < 1.29 is 28.7 Å². The molecular formula is C26H27N3O6. The van der Waals surface area contributed by atoms with E-state index in [1.54, 1.807) is 17.0 Å². The summed E-state index contributed by atoms with van der Waals surface area (Å²) in [4.78, 5) is 52.4. The number of hydrogen-bond acceptors (Lipinski definition) is 6. The third-order valence-electron chi connectivity index (χ3n) is 6.75. The van der Waals surface area contributed by atoms with E-state index in [9.17, 15) is 19.2 Å². The number of carbonyl (C=O) groups is 4. The summed E-state index contributed by atoms with van der Waals surface area (Å²) in [5, 5.41) is 2.31. The Balaban J connectivity index is 1.17. The summed E-state index contributed by atoms with van der Waals surface area (Å²) in [7, 11) is 0. The lowest BCUT2D eigenvalue weighted by Crippen LogP contribution is -2.52. The molecule has 1 N–H and O–H groups in total. The lowest BCUT2D eigenvalue weighted by Gasteiger charge is -2.29. The first-order valence-corrected chi connectivity index (χ1v) is 11.9. The van der Waals surface area contributed by atoms with E-state index in [0.717, 1.165) is 24.0 Å². The van der Waals surface area contributed by atoms with Crippen LogP contribution in [-0.4, -0.2) is 58.8 Å². The number of ether oxygens (including phenoxy) is 2. The van der Waals surface area contributed by atoms with Crippen LogP contribution < -0.4 is 10.1 Å². The Morgan fingerprint density at radius 1 is 1.06 bits per heavy atom. The van der Waals surface area contributed by atoms with Crippen LogP contribution in [0.25, 0.3) is 0 Å². The Morgan fingerprint density at radius 3 is 2.69 bits per heavy atom. The predicted octanol–water partition coefficient (Wildman–Crippen LogP) is 2.63. The molecule has 9 heteroatoms. The van der Waals surface area contributed by atoms with Gasteiger partial charge in [-0.1, -0.05) is 30.3 Å². The van der Waals surface area contributed by atoms with Gasteiger partial charge in [0.15, 0.2) is 0 Å². The number of nitrogens with zero attached hydrogens (tertiary/aromatic N) is 2. The fourth-order valence-corrected chi connectivity index (χ4v) is 4.88. The molecule has 5 rings (SSSR count). The molecule has 3 aliphatic rings. The summed E-state index contributed by atoms with van der Waals surface area (Å²) < 4.78 is 11.5. The van der Waals surface area contributed by atoms with Crippen LogP contribution in [0.5, 0.6) is 5.75 Å². The van der Waals surface area contributed by atoms with Gasteiger partial charge < -0.3 is 19.3 Å². The third-order valence-corrected chi connectivity index (χ3v) is 6.75. The minimum atomic E-state index is -0.647. The Labute approximate surface area is 203 Å². The van der Waals surface area contributed by atoms with E-state index in [-0.39, 0.29) is 37.0 Å². The van der Waals surface area contributed by atoms with Crippen LogP contribution >= 0.6 is 0 Å². The standard InChI is InChI=1S/C26H27N3O6/c30-23-11-10-22(24(31)27-23)29-14-18-13-20(8-9-21(18)25(29)32)34-16-19-7-4-12-28(19)26(33)35-15-17-5-2-1-3-6-17/h1-3,5-6,8-9,13,19,22H,4,7,10-12,14-16H2,(H,27,30,31)/t19-,22?/m0/s1. The zero-order valence-electron chi connectivity index (χ0n) is 19.3. The lowest BCUT2D eigenvalue weighted by molar-refractivity contribution is -0.136. The molecule has 2 aromatic carbocycles. The van der Waals surface area contributed by atoms with Crippen molar-refractivity contribution in [2.45, 2.75) is 50.9 Å². The summed E-state index contributed by atoms with van der Waals surface area (Å²) in [6.07, 6.45) is 1.91. The zero-order chi connectivity index (χ0) is 24.4. The van der Waals surface area contributed by atoms with Crippen molar-refractivity contribution >= 4 is 23.8 Å². The molecule has 2 fully saturated rings. The van der Waals surface area contributed by atoms with Gasteiger partial charge in [0.1, 0.15) is 25.0 Å². The SMILES string of the molecule is O=C1CCC(N2Cc3cc(OC[C@@H]4CCCN4C(=O)OCc4ccccc4)ccc3C2=O)C(=O)N1. The fourth-order valence-electron chi connectivity index (χ4n) is 4.88. The van der Waals surface area contributed by atoms with Gasteiger partial charge in [-0.3, -0.25) is 19.7 Å². The quantitative estimate of drug-likeness (QED) is 0.642. The summed E-state index contributed by atoms with van der Waals surface area (Å²) in [6.45, 7) is 1.47. The molecule has 1 unspecified atom stereocenters. The topological polar surface area (TPSA) is 105 Å². The van der Waals surface area contributed by atoms with Gasteiger partial charge in [-0.15, -0.1) is 0 Å². The molecule has 2 saturated heterocycles. The van der Waals surface area contributed by atoms with Crippen LogP contribution in [0.2, 0.25) is 0 Å². The highest BCUT2D eigenvalue weighted by Crippen LogP contribution is 2.30. The van der Waals surface area contributed by atoms with Gasteiger partial charge in [0.05, 0.1) is 6.04 Å². The molecule has 0 spiro atoms. The van der Waals surface area contributed by atoms with Crippen LogP contribution in [-0.2, 0) is 27.5 Å². The van der Waals surface area contributed by atoms with E-state index < -0.39 is 11.9 Å². The monoisotopic (exact) mass is 477 g/mol. The Bertz CT molecular complexity index is 1150. The number of hydrogen-bond donors (Lipinski definition) is 1. The molecule has 3 aliphatic heterocycles. The number of nitrogens with one attached hydrogen (secondary N) is 1. The lowest BCUT2D eigenvalue weighted by atomic mass is 10.0. The summed E-state index contributed by atoms with van der Waals surface area (Å²) in [6, 6.07) is 14.1. The molecule has 0 bridgehead atoms. The van der Waals surface area contributed by atoms with Gasteiger partial charge in [0, 0.05) is 25.1 Å². The van der Waals surface area contributed by atoms with E-state index in [0.29, 0.717) is 37.4 Å². The first kappa shape index (κ1) is 22.9. The van der Waals surface area contributed by atoms with Crippen molar-refractivity contribution in [2.24, 2.45) is 0 Å². The summed E-state index contributed by atoms with van der Waals surface area (Å²) >= 11 is 0. The third kappa shape index (κ3) is 4.84. The molecule has 2 atom stereocenters. The van der Waals surface area contributed by atoms with E-state index in [2.05, 4.69) is 5.32 Å². The molecule has 35 heavy (non-hydrogen) atoms. The number of fused-ring (bicyclic) bond motifs is 1. The maximum atomic E-state index is 12.8. The van der Waals surface area contributed by atoms with E-state index >= 15 is 0 Å². The van der Waals surface area contributed by atoms with E-state index in [1.807, 2.05) is 36.4 Å². The molecule has 0 aliphatic carbocycles. The average molecular weight is 478 g/mol. The molecule has 0 saturated carbocycles. The molecular weight excluding hydrogens is 450 g/mol. The molecule has 9 nitrogen and oxygen atoms in total. The van der Waals surface area contributed by atoms with Crippen LogP contribution in [0.1, 0.15) is 47.2 Å². The van der Waals surface area contributed by atoms with Crippen LogP contribution in [0.4, 0.5) is 4.79 Å². The maximum Gasteiger partial charge on any atom is 0.410 e. The summed E-state index contributed by atoms with van der Waals surface area (Å²) in [5.41, 5.74) is 2.25. The number of likely N-dealkylation sites (tertiary alicyclic amines) is 1. The van der Waals surface area contributed by atoms with Crippen LogP contribution in [0, 0.1) is 0 Å². The van der Waals surface area contributed by atoms with E-state index in [1.165, 1.54) is 4.90 Å². The summed E-state index contributed by atoms with van der Waals surface area (Å²) in [5.74, 6) is -0.356. The number of imide groups is 1. The second-order valence-corrected chi connectivity index (χ2v) is 9.06. The molecule has 182 valence electrons. The largest absolute Gasteiger partial charge is 0.491 e.